The maximum atomic E-state index is 2.43. The van der Waals surface area contributed by atoms with Gasteiger partial charge < -0.3 is 14.7 Å². The molecule has 0 radical (unpaired) electrons. The van der Waals surface area contributed by atoms with Gasteiger partial charge in [-0.3, -0.25) is 0 Å². The first-order valence-electron chi connectivity index (χ1n) is 19.8. The van der Waals surface area contributed by atoms with E-state index in [1.165, 1.54) is 40.3 Å². The molecule has 0 aliphatic carbocycles. The zero-order valence-electron chi connectivity index (χ0n) is 32.0. The third kappa shape index (κ3) is 6.38. The van der Waals surface area contributed by atoms with Gasteiger partial charge in [-0.05, 0) is 115 Å². The normalized spacial score (nSPS) is 11.4. The molecule has 11 rings (SSSR count). The Labute approximate surface area is 351 Å². The number of fused-ring (bicyclic) bond motifs is 6. The molecule has 9 aromatic carbocycles. The van der Waals surface area contributed by atoms with Crippen molar-refractivity contribution < 1.29 is 0 Å². The van der Waals surface area contributed by atoms with Gasteiger partial charge in [0.25, 0.3) is 0 Å². The van der Waals surface area contributed by atoms with Gasteiger partial charge in [0, 0.05) is 85.8 Å². The maximum absolute atomic E-state index is 2.43. The van der Waals surface area contributed by atoms with Crippen LogP contribution >= 0.6 is 22.7 Å². The van der Waals surface area contributed by atoms with E-state index < -0.39 is 0 Å². The van der Waals surface area contributed by atoms with E-state index in [9.17, 15) is 0 Å². The van der Waals surface area contributed by atoms with E-state index in [2.05, 4.69) is 239 Å². The number of nitrogens with zero attached hydrogens (tertiary/aromatic N) is 3. The molecule has 0 bridgehead atoms. The van der Waals surface area contributed by atoms with Crippen LogP contribution in [0.3, 0.4) is 0 Å². The molecule has 0 amide bonds. The lowest BCUT2D eigenvalue weighted by molar-refractivity contribution is 1.25. The molecule has 59 heavy (non-hydrogen) atoms. The first kappa shape index (κ1) is 35.0. The van der Waals surface area contributed by atoms with E-state index in [1.807, 2.05) is 22.7 Å². The first-order valence-corrected chi connectivity index (χ1v) is 21.5. The molecule has 0 aliphatic rings. The van der Waals surface area contributed by atoms with Crippen LogP contribution in [0.15, 0.2) is 224 Å². The third-order valence-corrected chi connectivity index (χ3v) is 13.3. The summed E-state index contributed by atoms with van der Waals surface area (Å²) in [5.41, 5.74) is 9.93. The highest BCUT2D eigenvalue weighted by atomic mass is 32.1. The number of thiophene rings is 2. The molecule has 3 nitrogen and oxygen atoms in total. The number of hydrogen-bond donors (Lipinski definition) is 0. The fourth-order valence-electron chi connectivity index (χ4n) is 8.36. The molecule has 280 valence electrons. The molecule has 2 heterocycles. The molecule has 0 aliphatic heterocycles. The van der Waals surface area contributed by atoms with Crippen molar-refractivity contribution in [2.45, 2.75) is 0 Å². The highest BCUT2D eigenvalue weighted by molar-refractivity contribution is 7.26. The van der Waals surface area contributed by atoms with Crippen LogP contribution in [-0.2, 0) is 0 Å². The summed E-state index contributed by atoms with van der Waals surface area (Å²) in [4.78, 5) is 7.17. The van der Waals surface area contributed by atoms with Crippen LogP contribution in [-0.4, -0.2) is 0 Å². The number of anilines is 9. The minimum Gasteiger partial charge on any atom is -0.311 e. The van der Waals surface area contributed by atoms with Crippen LogP contribution in [0.25, 0.3) is 40.3 Å². The van der Waals surface area contributed by atoms with E-state index >= 15 is 0 Å². The standard InChI is InChI=1S/C54H37N3S2/c1-5-17-38(18-6-1)55(39-19-7-2-8-20-39)42-29-31-43(32-30-42)57(41-23-11-4-12-24-41)49-36-45(37-53-54(49)47-26-14-16-28-51(47)59-53)56(40-21-9-3-10-22-40)44-33-34-52-48(35-44)46-25-13-15-27-50(46)58-52/h1-37H. The predicted molar refractivity (Wildman–Crippen MR) is 256 cm³/mol. The van der Waals surface area contributed by atoms with Crippen molar-refractivity contribution in [1.82, 2.24) is 0 Å². The Balaban J connectivity index is 1.13. The molecule has 0 spiro atoms. The maximum Gasteiger partial charge on any atom is 0.0575 e. The summed E-state index contributed by atoms with van der Waals surface area (Å²) in [5.74, 6) is 0. The molecule has 11 aromatic rings. The molecule has 0 saturated carbocycles. The highest BCUT2D eigenvalue weighted by Gasteiger charge is 2.24. The Morgan fingerprint density at radius 1 is 0.237 bits per heavy atom. The summed E-state index contributed by atoms with van der Waals surface area (Å²) in [5, 5.41) is 5.06. The second-order valence-electron chi connectivity index (χ2n) is 14.6. The average Bonchev–Trinajstić information content (AvgIpc) is 3.87. The van der Waals surface area contributed by atoms with Gasteiger partial charge in [-0.25, -0.2) is 0 Å². The topological polar surface area (TPSA) is 9.72 Å². The Kier molecular flexibility index (Phi) is 8.88. The lowest BCUT2D eigenvalue weighted by atomic mass is 10.0. The quantitative estimate of drug-likeness (QED) is 0.144. The summed E-state index contributed by atoms with van der Waals surface area (Å²) in [6.45, 7) is 0. The minimum atomic E-state index is 1.08. The van der Waals surface area contributed by atoms with Crippen LogP contribution in [0.2, 0.25) is 0 Å². The lowest BCUT2D eigenvalue weighted by Gasteiger charge is -2.31. The zero-order valence-corrected chi connectivity index (χ0v) is 33.7. The number of hydrogen-bond acceptors (Lipinski definition) is 5. The van der Waals surface area contributed by atoms with Crippen LogP contribution in [0.1, 0.15) is 0 Å². The van der Waals surface area contributed by atoms with Crippen molar-refractivity contribution in [3.63, 3.8) is 0 Å². The van der Waals surface area contributed by atoms with E-state index in [0.29, 0.717) is 0 Å². The van der Waals surface area contributed by atoms with E-state index in [4.69, 9.17) is 0 Å². The molecule has 0 atom stereocenters. The zero-order chi connectivity index (χ0) is 39.1. The van der Waals surface area contributed by atoms with Crippen molar-refractivity contribution in [2.24, 2.45) is 0 Å². The van der Waals surface area contributed by atoms with Gasteiger partial charge in [-0.2, -0.15) is 0 Å². The predicted octanol–water partition coefficient (Wildman–Crippen LogP) is 16.8. The summed E-state index contributed by atoms with van der Waals surface area (Å²) in [7, 11) is 0. The van der Waals surface area contributed by atoms with Gasteiger partial charge in [0.05, 0.1) is 5.69 Å². The Hall–Kier alpha value is -7.18. The fourth-order valence-corrected chi connectivity index (χ4v) is 10.6. The van der Waals surface area contributed by atoms with Gasteiger partial charge in [0.2, 0.25) is 0 Å². The van der Waals surface area contributed by atoms with Crippen LogP contribution in [0, 0.1) is 0 Å². The summed E-state index contributed by atoms with van der Waals surface area (Å²) in [6.07, 6.45) is 0. The Morgan fingerprint density at radius 2 is 0.627 bits per heavy atom. The SMILES string of the molecule is c1ccc(N(c2ccccc2)c2ccc(N(c3ccccc3)c3cc(N(c4ccccc4)c4ccc5sc6ccccc6c5c4)cc4sc5ccccc5c34)cc2)cc1. The van der Waals surface area contributed by atoms with Crippen molar-refractivity contribution in [3.8, 4) is 0 Å². The summed E-state index contributed by atoms with van der Waals surface area (Å²) >= 11 is 3.71. The summed E-state index contributed by atoms with van der Waals surface area (Å²) in [6, 6.07) is 81.0. The van der Waals surface area contributed by atoms with Gasteiger partial charge in [-0.1, -0.05) is 109 Å². The number of benzene rings is 9. The molecule has 0 saturated heterocycles. The van der Waals surface area contributed by atoms with Crippen molar-refractivity contribution in [2.75, 3.05) is 14.7 Å². The van der Waals surface area contributed by atoms with Gasteiger partial charge in [0.15, 0.2) is 0 Å². The molecular formula is C54H37N3S2. The molecular weight excluding hydrogens is 755 g/mol. The monoisotopic (exact) mass is 791 g/mol. The first-order chi connectivity index (χ1) is 29.3. The smallest absolute Gasteiger partial charge is 0.0575 e. The fraction of sp³-hybridized carbons (Fsp3) is 0. The van der Waals surface area contributed by atoms with Crippen LogP contribution in [0.5, 0.6) is 0 Å². The van der Waals surface area contributed by atoms with Gasteiger partial charge in [0.1, 0.15) is 0 Å². The van der Waals surface area contributed by atoms with E-state index in [-0.39, 0.29) is 0 Å². The van der Waals surface area contributed by atoms with E-state index in [0.717, 1.165) is 51.2 Å². The molecule has 5 heteroatoms. The largest absolute Gasteiger partial charge is 0.311 e. The highest BCUT2D eigenvalue weighted by Crippen LogP contribution is 2.50. The van der Waals surface area contributed by atoms with Crippen molar-refractivity contribution in [3.05, 3.63) is 224 Å². The average molecular weight is 792 g/mol. The molecule has 2 aromatic heterocycles. The van der Waals surface area contributed by atoms with Crippen molar-refractivity contribution in [1.29, 1.82) is 0 Å². The van der Waals surface area contributed by atoms with Crippen LogP contribution in [0.4, 0.5) is 51.2 Å². The minimum absolute atomic E-state index is 1.08. The van der Waals surface area contributed by atoms with Gasteiger partial charge in [-0.15, -0.1) is 22.7 Å². The Morgan fingerprint density at radius 3 is 1.20 bits per heavy atom. The van der Waals surface area contributed by atoms with Crippen LogP contribution < -0.4 is 14.7 Å². The molecule has 0 fully saturated rings. The summed E-state index contributed by atoms with van der Waals surface area (Å²) < 4.78 is 5.10. The Bertz CT molecular complexity index is 3180. The van der Waals surface area contributed by atoms with Crippen molar-refractivity contribution >= 4 is 114 Å². The second kappa shape index (κ2) is 15.0. The van der Waals surface area contributed by atoms with E-state index in [1.54, 1.807) is 0 Å². The number of rotatable bonds is 9. The number of para-hydroxylation sites is 4. The molecule has 0 N–H and O–H groups in total. The lowest BCUT2D eigenvalue weighted by Crippen LogP contribution is -2.14. The molecule has 0 unspecified atom stereocenters. The second-order valence-corrected chi connectivity index (χ2v) is 16.7. The van der Waals surface area contributed by atoms with Gasteiger partial charge >= 0.3 is 0 Å². The third-order valence-electron chi connectivity index (χ3n) is 11.0.